The summed E-state index contributed by atoms with van der Waals surface area (Å²) in [6, 6.07) is 3.66. The van der Waals surface area contributed by atoms with Gasteiger partial charge in [0, 0.05) is 36.8 Å². The fourth-order valence-corrected chi connectivity index (χ4v) is 2.76. The third-order valence-corrected chi connectivity index (χ3v) is 3.84. The van der Waals surface area contributed by atoms with Gasteiger partial charge in [-0.2, -0.15) is 0 Å². The van der Waals surface area contributed by atoms with Crippen molar-refractivity contribution >= 4 is 5.91 Å². The summed E-state index contributed by atoms with van der Waals surface area (Å²) in [5.74, 6) is -0.394. The number of nitrogens with zero attached hydrogens (tertiary/aromatic N) is 1. The Morgan fingerprint density at radius 3 is 2.47 bits per heavy atom. The van der Waals surface area contributed by atoms with Gasteiger partial charge >= 0.3 is 0 Å². The van der Waals surface area contributed by atoms with Crippen LogP contribution in [-0.2, 0) is 9.47 Å². The van der Waals surface area contributed by atoms with Gasteiger partial charge in [-0.15, -0.1) is 0 Å². The fraction of sp³-hybridized carbons (Fsp3) is 0.571. The van der Waals surface area contributed by atoms with Gasteiger partial charge < -0.3 is 14.8 Å². The van der Waals surface area contributed by atoms with E-state index >= 15 is 0 Å². The molecule has 1 aromatic rings. The zero-order valence-corrected chi connectivity index (χ0v) is 10.8. The molecule has 0 radical (unpaired) electrons. The monoisotopic (exact) mass is 262 g/mol. The lowest BCUT2D eigenvalue weighted by Crippen LogP contribution is -2.44. The Morgan fingerprint density at radius 1 is 1.21 bits per heavy atom. The Bertz CT molecular complexity index is 433. The van der Waals surface area contributed by atoms with Gasteiger partial charge in [0.15, 0.2) is 5.79 Å². The van der Waals surface area contributed by atoms with Crippen molar-refractivity contribution in [2.45, 2.75) is 37.5 Å². The molecule has 1 aromatic heterocycles. The number of amides is 1. The number of pyridine rings is 1. The van der Waals surface area contributed by atoms with Crippen molar-refractivity contribution in [1.29, 1.82) is 0 Å². The number of nitrogens with one attached hydrogen (secondary N) is 1. The zero-order valence-electron chi connectivity index (χ0n) is 10.8. The molecule has 2 fully saturated rings. The third-order valence-electron chi connectivity index (χ3n) is 3.84. The predicted octanol–water partition coefficient (Wildman–Crippen LogP) is 1.50. The average Bonchev–Trinajstić information content (AvgIpc) is 2.91. The van der Waals surface area contributed by atoms with Crippen LogP contribution in [0.5, 0.6) is 0 Å². The van der Waals surface area contributed by atoms with Crippen LogP contribution in [0.15, 0.2) is 24.5 Å². The van der Waals surface area contributed by atoms with Crippen molar-refractivity contribution in [2.75, 3.05) is 13.2 Å². The van der Waals surface area contributed by atoms with Crippen molar-refractivity contribution in [3.63, 3.8) is 0 Å². The third kappa shape index (κ3) is 2.77. The van der Waals surface area contributed by atoms with E-state index < -0.39 is 0 Å². The molecule has 0 bridgehead atoms. The van der Waals surface area contributed by atoms with Crippen molar-refractivity contribution < 1.29 is 14.3 Å². The van der Waals surface area contributed by atoms with Gasteiger partial charge in [-0.25, -0.2) is 0 Å². The molecule has 1 spiro atoms. The maximum Gasteiger partial charge on any atom is 0.251 e. The quantitative estimate of drug-likeness (QED) is 0.877. The minimum absolute atomic E-state index is 0.0309. The van der Waals surface area contributed by atoms with Gasteiger partial charge in [0.1, 0.15) is 0 Å². The summed E-state index contributed by atoms with van der Waals surface area (Å²) >= 11 is 0. The summed E-state index contributed by atoms with van der Waals surface area (Å²) in [4.78, 5) is 15.9. The van der Waals surface area contributed by atoms with Gasteiger partial charge in [0.25, 0.3) is 5.91 Å². The molecule has 1 saturated heterocycles. The number of aromatic nitrogens is 1. The second kappa shape index (κ2) is 5.27. The minimum atomic E-state index is -0.363. The Morgan fingerprint density at radius 2 is 1.84 bits per heavy atom. The van der Waals surface area contributed by atoms with E-state index in [1.165, 1.54) is 0 Å². The second-order valence-electron chi connectivity index (χ2n) is 5.09. The van der Waals surface area contributed by atoms with Crippen LogP contribution in [0.3, 0.4) is 0 Å². The molecular weight excluding hydrogens is 244 g/mol. The van der Waals surface area contributed by atoms with Crippen molar-refractivity contribution in [1.82, 2.24) is 10.3 Å². The van der Waals surface area contributed by atoms with E-state index in [2.05, 4.69) is 10.3 Å². The summed E-state index contributed by atoms with van der Waals surface area (Å²) < 4.78 is 11.4. The number of rotatable bonds is 2. The Labute approximate surface area is 112 Å². The molecule has 0 aromatic carbocycles. The molecule has 102 valence electrons. The van der Waals surface area contributed by atoms with E-state index in [4.69, 9.17) is 9.47 Å². The molecular formula is C14H18N2O3. The standard InChI is InChI=1S/C14H18N2O3/c17-13(11-3-7-15-8-4-11)16-12-1-5-14(6-2-12)18-9-10-19-14/h3-4,7-8,12H,1-2,5-6,9-10H2,(H,16,17). The fourth-order valence-electron chi connectivity index (χ4n) is 2.76. The summed E-state index contributed by atoms with van der Waals surface area (Å²) in [6.45, 7) is 1.38. The highest BCUT2D eigenvalue weighted by molar-refractivity contribution is 5.94. The maximum absolute atomic E-state index is 12.0. The lowest BCUT2D eigenvalue weighted by Gasteiger charge is -2.35. The SMILES string of the molecule is O=C(NC1CCC2(CC1)OCCO2)c1ccncc1. The molecule has 1 saturated carbocycles. The van der Waals surface area contributed by atoms with Gasteiger partial charge in [-0.1, -0.05) is 0 Å². The van der Waals surface area contributed by atoms with E-state index in [0.717, 1.165) is 25.7 Å². The molecule has 0 atom stereocenters. The van der Waals surface area contributed by atoms with E-state index in [9.17, 15) is 4.79 Å². The molecule has 1 aliphatic carbocycles. The van der Waals surface area contributed by atoms with Crippen LogP contribution in [0.4, 0.5) is 0 Å². The van der Waals surface area contributed by atoms with Crippen molar-refractivity contribution in [3.8, 4) is 0 Å². The van der Waals surface area contributed by atoms with Crippen LogP contribution < -0.4 is 5.32 Å². The van der Waals surface area contributed by atoms with E-state index in [0.29, 0.717) is 18.8 Å². The Hall–Kier alpha value is -1.46. The topological polar surface area (TPSA) is 60.5 Å². The molecule has 1 amide bonds. The number of carbonyl (C=O) groups is 1. The van der Waals surface area contributed by atoms with Crippen molar-refractivity contribution in [3.05, 3.63) is 30.1 Å². The first kappa shape index (κ1) is 12.6. The predicted molar refractivity (Wildman–Crippen MR) is 68.6 cm³/mol. The van der Waals surface area contributed by atoms with Gasteiger partial charge in [-0.05, 0) is 25.0 Å². The highest BCUT2D eigenvalue weighted by atomic mass is 16.7. The average molecular weight is 262 g/mol. The lowest BCUT2D eigenvalue weighted by atomic mass is 9.90. The lowest BCUT2D eigenvalue weighted by molar-refractivity contribution is -0.179. The first-order chi connectivity index (χ1) is 9.27. The Kier molecular flexibility index (Phi) is 3.48. The molecule has 1 N–H and O–H groups in total. The van der Waals surface area contributed by atoms with Gasteiger partial charge in [0.05, 0.1) is 13.2 Å². The smallest absolute Gasteiger partial charge is 0.251 e. The molecule has 1 aliphatic heterocycles. The van der Waals surface area contributed by atoms with E-state index in [1.807, 2.05) is 0 Å². The van der Waals surface area contributed by atoms with Gasteiger partial charge in [-0.3, -0.25) is 9.78 Å². The molecule has 2 heterocycles. The Balaban J connectivity index is 1.53. The number of hydrogen-bond acceptors (Lipinski definition) is 4. The second-order valence-corrected chi connectivity index (χ2v) is 5.09. The first-order valence-electron chi connectivity index (χ1n) is 6.76. The molecule has 3 rings (SSSR count). The van der Waals surface area contributed by atoms with Crippen LogP contribution in [0.25, 0.3) is 0 Å². The molecule has 5 heteroatoms. The number of hydrogen-bond donors (Lipinski definition) is 1. The summed E-state index contributed by atoms with van der Waals surface area (Å²) in [5.41, 5.74) is 0.656. The molecule has 0 unspecified atom stereocenters. The van der Waals surface area contributed by atoms with Crippen LogP contribution in [-0.4, -0.2) is 35.9 Å². The summed E-state index contributed by atoms with van der Waals surface area (Å²) in [5, 5.41) is 3.06. The minimum Gasteiger partial charge on any atom is -0.349 e. The normalized spacial score (nSPS) is 22.5. The molecule has 2 aliphatic rings. The van der Waals surface area contributed by atoms with Crippen LogP contribution in [0.1, 0.15) is 36.0 Å². The van der Waals surface area contributed by atoms with Crippen LogP contribution in [0.2, 0.25) is 0 Å². The zero-order chi connectivity index (χ0) is 13.1. The van der Waals surface area contributed by atoms with Gasteiger partial charge in [0.2, 0.25) is 0 Å². The molecule has 5 nitrogen and oxygen atoms in total. The number of carbonyl (C=O) groups excluding carboxylic acids is 1. The highest BCUT2D eigenvalue weighted by Gasteiger charge is 2.40. The van der Waals surface area contributed by atoms with Crippen molar-refractivity contribution in [2.24, 2.45) is 0 Å². The van der Waals surface area contributed by atoms with Crippen LogP contribution in [0, 0.1) is 0 Å². The van der Waals surface area contributed by atoms with E-state index in [1.54, 1.807) is 24.5 Å². The number of ether oxygens (including phenoxy) is 2. The molecule has 19 heavy (non-hydrogen) atoms. The largest absolute Gasteiger partial charge is 0.349 e. The summed E-state index contributed by atoms with van der Waals surface area (Å²) in [6.07, 6.45) is 6.77. The van der Waals surface area contributed by atoms with Crippen LogP contribution >= 0.6 is 0 Å². The summed E-state index contributed by atoms with van der Waals surface area (Å²) in [7, 11) is 0. The highest BCUT2D eigenvalue weighted by Crippen LogP contribution is 2.35. The first-order valence-corrected chi connectivity index (χ1v) is 6.76. The van der Waals surface area contributed by atoms with E-state index in [-0.39, 0.29) is 17.7 Å². The maximum atomic E-state index is 12.0.